The molecule has 0 saturated heterocycles. The Bertz CT molecular complexity index is 345. The van der Waals surface area contributed by atoms with Crippen LogP contribution in [0, 0.1) is 5.41 Å². The van der Waals surface area contributed by atoms with Crippen molar-refractivity contribution in [2.24, 2.45) is 16.1 Å². The fourth-order valence-corrected chi connectivity index (χ4v) is 1.92. The van der Waals surface area contributed by atoms with E-state index >= 15 is 0 Å². The summed E-state index contributed by atoms with van der Waals surface area (Å²) in [7, 11) is 0. The maximum atomic E-state index is 11.8. The zero-order valence-corrected chi connectivity index (χ0v) is 8.75. The summed E-state index contributed by atoms with van der Waals surface area (Å²) in [5.41, 5.74) is 4.87. The van der Waals surface area contributed by atoms with Gasteiger partial charge in [-0.3, -0.25) is 9.59 Å². The number of amides is 2. The van der Waals surface area contributed by atoms with E-state index in [0.717, 1.165) is 6.42 Å². The summed E-state index contributed by atoms with van der Waals surface area (Å²) < 4.78 is 0. The van der Waals surface area contributed by atoms with E-state index in [2.05, 4.69) is 10.3 Å². The van der Waals surface area contributed by atoms with Crippen molar-refractivity contribution in [1.82, 2.24) is 5.32 Å². The van der Waals surface area contributed by atoms with Gasteiger partial charge in [0, 0.05) is 0 Å². The van der Waals surface area contributed by atoms with E-state index in [1.807, 2.05) is 6.92 Å². The van der Waals surface area contributed by atoms with Gasteiger partial charge in [0.1, 0.15) is 11.3 Å². The fourth-order valence-electron chi connectivity index (χ4n) is 1.92. The molecule has 1 aliphatic carbocycles. The third-order valence-electron chi connectivity index (χ3n) is 3.31. The molecule has 0 aromatic heterocycles. The molecule has 0 aromatic carbocycles. The monoisotopic (exact) mass is 209 g/mol. The lowest BCUT2D eigenvalue weighted by Gasteiger charge is -2.39. The smallest absolute Gasteiger partial charge is 0.263 e. The molecule has 1 unspecified atom stereocenters. The molecular weight excluding hydrogens is 194 g/mol. The summed E-state index contributed by atoms with van der Waals surface area (Å²) in [5.74, 6) is -0.200. The molecule has 1 heterocycles. The van der Waals surface area contributed by atoms with Gasteiger partial charge in [0.05, 0.1) is 6.04 Å². The number of nitrogens with zero attached hydrogens (tertiary/aromatic N) is 1. The van der Waals surface area contributed by atoms with Crippen molar-refractivity contribution in [3.05, 3.63) is 0 Å². The van der Waals surface area contributed by atoms with Crippen molar-refractivity contribution >= 4 is 17.6 Å². The summed E-state index contributed by atoms with van der Waals surface area (Å²) in [4.78, 5) is 27.4. The summed E-state index contributed by atoms with van der Waals surface area (Å²) in [6, 6.07) is -0.352. The van der Waals surface area contributed by atoms with Gasteiger partial charge in [-0.2, -0.15) is 4.99 Å². The average Bonchev–Trinajstić information content (AvgIpc) is 2.13. The molecule has 15 heavy (non-hydrogen) atoms. The molecule has 2 aliphatic rings. The fraction of sp³-hybridized carbons (Fsp3) is 0.700. The third-order valence-corrected chi connectivity index (χ3v) is 3.31. The number of aliphatic imine (C=N–C) groups is 1. The van der Waals surface area contributed by atoms with E-state index in [-0.39, 0.29) is 17.9 Å². The van der Waals surface area contributed by atoms with Crippen LogP contribution in [-0.2, 0) is 9.59 Å². The van der Waals surface area contributed by atoms with Crippen LogP contribution in [0.2, 0.25) is 0 Å². The van der Waals surface area contributed by atoms with E-state index < -0.39 is 5.41 Å². The Morgan fingerprint density at radius 2 is 2.20 bits per heavy atom. The predicted molar refractivity (Wildman–Crippen MR) is 55.1 cm³/mol. The Balaban J connectivity index is 2.25. The van der Waals surface area contributed by atoms with Crippen LogP contribution < -0.4 is 11.1 Å². The highest BCUT2D eigenvalue weighted by Crippen LogP contribution is 2.43. The molecule has 1 fully saturated rings. The number of nitrogens with two attached hydrogens (primary N) is 1. The number of rotatable bonds is 2. The van der Waals surface area contributed by atoms with Crippen LogP contribution in [0.25, 0.3) is 0 Å². The van der Waals surface area contributed by atoms with Gasteiger partial charge >= 0.3 is 0 Å². The number of hydrogen-bond acceptors (Lipinski definition) is 3. The zero-order valence-electron chi connectivity index (χ0n) is 8.75. The van der Waals surface area contributed by atoms with Crippen molar-refractivity contribution in [3.8, 4) is 0 Å². The van der Waals surface area contributed by atoms with Crippen LogP contribution in [-0.4, -0.2) is 23.7 Å². The summed E-state index contributed by atoms with van der Waals surface area (Å²) in [5, 5.41) is 2.66. The summed E-state index contributed by atoms with van der Waals surface area (Å²) in [6.45, 7) is 1.89. The lowest BCUT2D eigenvalue weighted by Crippen LogP contribution is -2.59. The minimum atomic E-state index is -0.850. The van der Waals surface area contributed by atoms with Crippen molar-refractivity contribution in [2.75, 3.05) is 0 Å². The Hall–Kier alpha value is -1.23. The Morgan fingerprint density at radius 1 is 1.53 bits per heavy atom. The molecule has 2 rings (SSSR count). The van der Waals surface area contributed by atoms with Gasteiger partial charge in [0.15, 0.2) is 0 Å². The van der Waals surface area contributed by atoms with Crippen LogP contribution in [0.5, 0.6) is 0 Å². The molecule has 0 bridgehead atoms. The van der Waals surface area contributed by atoms with Gasteiger partial charge in [-0.25, -0.2) is 0 Å². The minimum Gasteiger partial charge on any atom is -0.321 e. The van der Waals surface area contributed by atoms with Crippen LogP contribution in [0.1, 0.15) is 32.6 Å². The van der Waals surface area contributed by atoms with Gasteiger partial charge in [-0.05, 0) is 19.3 Å². The van der Waals surface area contributed by atoms with Crippen molar-refractivity contribution in [1.29, 1.82) is 0 Å². The van der Waals surface area contributed by atoms with Gasteiger partial charge in [-0.1, -0.05) is 13.3 Å². The topological polar surface area (TPSA) is 84.5 Å². The van der Waals surface area contributed by atoms with Gasteiger partial charge < -0.3 is 11.1 Å². The molecule has 1 spiro atoms. The first kappa shape index (κ1) is 10.3. The minimum absolute atomic E-state index is 0.215. The van der Waals surface area contributed by atoms with Gasteiger partial charge in [-0.15, -0.1) is 0 Å². The molecular formula is C10H15N3O2. The van der Waals surface area contributed by atoms with E-state index in [1.165, 1.54) is 0 Å². The molecule has 5 nitrogen and oxygen atoms in total. The second-order valence-electron chi connectivity index (χ2n) is 4.21. The number of carbonyl (C=O) groups is 2. The molecule has 82 valence electrons. The second kappa shape index (κ2) is 3.41. The molecule has 1 aliphatic heterocycles. The molecule has 1 atom stereocenters. The maximum Gasteiger partial charge on any atom is 0.263 e. The molecule has 0 radical (unpaired) electrons. The zero-order chi connectivity index (χ0) is 11.1. The first-order valence-corrected chi connectivity index (χ1v) is 5.30. The largest absolute Gasteiger partial charge is 0.321 e. The molecule has 1 saturated carbocycles. The number of carbonyl (C=O) groups excluding carboxylic acids is 2. The SMILES string of the molecule is CCC(N)C1=NC(=O)C2(CCC2)C(=O)N1. The van der Waals surface area contributed by atoms with Crippen LogP contribution in [0.15, 0.2) is 4.99 Å². The summed E-state index contributed by atoms with van der Waals surface area (Å²) in [6.07, 6.45) is 2.81. The number of hydrogen-bond donors (Lipinski definition) is 2. The van der Waals surface area contributed by atoms with Crippen molar-refractivity contribution in [2.45, 2.75) is 38.6 Å². The molecule has 2 amide bonds. The average molecular weight is 209 g/mol. The quantitative estimate of drug-likeness (QED) is 0.625. The second-order valence-corrected chi connectivity index (χ2v) is 4.21. The lowest BCUT2D eigenvalue weighted by molar-refractivity contribution is -0.147. The standard InChI is InChI=1S/C10H15N3O2/c1-2-6(11)7-12-8(14)10(4-3-5-10)9(15)13-7/h6H,2-5,11H2,1H3,(H,12,13,14,15). The number of nitrogens with one attached hydrogen (secondary N) is 1. The highest BCUT2D eigenvalue weighted by atomic mass is 16.2. The van der Waals surface area contributed by atoms with Crippen LogP contribution in [0.4, 0.5) is 0 Å². The summed E-state index contributed by atoms with van der Waals surface area (Å²) >= 11 is 0. The lowest BCUT2D eigenvalue weighted by atomic mass is 9.67. The third kappa shape index (κ3) is 1.38. The van der Waals surface area contributed by atoms with Crippen LogP contribution >= 0.6 is 0 Å². The van der Waals surface area contributed by atoms with E-state index in [0.29, 0.717) is 25.1 Å². The first-order valence-electron chi connectivity index (χ1n) is 5.30. The van der Waals surface area contributed by atoms with E-state index in [4.69, 9.17) is 5.73 Å². The highest BCUT2D eigenvalue weighted by molar-refractivity contribution is 6.20. The first-order chi connectivity index (χ1) is 7.10. The Labute approximate surface area is 88.1 Å². The molecule has 5 heteroatoms. The van der Waals surface area contributed by atoms with Gasteiger partial charge in [0.2, 0.25) is 5.91 Å². The van der Waals surface area contributed by atoms with Crippen LogP contribution in [0.3, 0.4) is 0 Å². The van der Waals surface area contributed by atoms with Crippen molar-refractivity contribution < 1.29 is 9.59 Å². The van der Waals surface area contributed by atoms with Gasteiger partial charge in [0.25, 0.3) is 5.91 Å². The number of amidine groups is 1. The van der Waals surface area contributed by atoms with Crippen molar-refractivity contribution in [3.63, 3.8) is 0 Å². The van der Waals surface area contributed by atoms with E-state index in [9.17, 15) is 9.59 Å². The Morgan fingerprint density at radius 3 is 2.60 bits per heavy atom. The predicted octanol–water partition coefficient (Wildman–Crippen LogP) is -0.0511. The Kier molecular flexibility index (Phi) is 2.34. The normalized spacial score (nSPS) is 25.6. The highest BCUT2D eigenvalue weighted by Gasteiger charge is 2.53. The van der Waals surface area contributed by atoms with E-state index in [1.54, 1.807) is 0 Å². The molecule has 0 aromatic rings. The maximum absolute atomic E-state index is 11.8. The molecule has 3 N–H and O–H groups in total.